The van der Waals surface area contributed by atoms with Gasteiger partial charge in [-0.3, -0.25) is 9.59 Å². The average Bonchev–Trinajstić information content (AvgIpc) is 3.68. The number of amides is 2. The predicted octanol–water partition coefficient (Wildman–Crippen LogP) is 8.86. The number of rotatable bonds is 3. The van der Waals surface area contributed by atoms with Crippen LogP contribution in [0, 0.1) is 18.3 Å². The first-order valence-corrected chi connectivity index (χ1v) is 15.1. The van der Waals surface area contributed by atoms with Crippen molar-refractivity contribution in [1.29, 1.82) is 5.26 Å². The summed E-state index contributed by atoms with van der Waals surface area (Å²) in [6, 6.07) is 44.0. The van der Waals surface area contributed by atoms with Gasteiger partial charge in [0.15, 0.2) is 0 Å². The zero-order valence-electron chi connectivity index (χ0n) is 24.7. The molecule has 0 atom stereocenters. The van der Waals surface area contributed by atoms with Crippen LogP contribution in [0.4, 0.5) is 5.69 Å². The van der Waals surface area contributed by atoms with Crippen LogP contribution in [-0.4, -0.2) is 20.9 Å². The van der Waals surface area contributed by atoms with Gasteiger partial charge in [-0.1, -0.05) is 66.2 Å². The summed E-state index contributed by atoms with van der Waals surface area (Å²) in [5.74, 6) is -0.788. The van der Waals surface area contributed by atoms with Gasteiger partial charge in [-0.15, -0.1) is 0 Å². The van der Waals surface area contributed by atoms with E-state index in [0.29, 0.717) is 28.1 Å². The fourth-order valence-electron chi connectivity index (χ4n) is 7.02. The minimum Gasteiger partial charge on any atom is -0.309 e. The molecule has 0 spiro atoms. The van der Waals surface area contributed by atoms with E-state index >= 15 is 0 Å². The van der Waals surface area contributed by atoms with Crippen LogP contribution in [-0.2, 0) is 0 Å². The molecule has 216 valence electrons. The van der Waals surface area contributed by atoms with Gasteiger partial charge in [0.2, 0.25) is 0 Å². The van der Waals surface area contributed by atoms with E-state index in [1.54, 1.807) is 30.3 Å². The van der Waals surface area contributed by atoms with Gasteiger partial charge in [0, 0.05) is 32.9 Å². The van der Waals surface area contributed by atoms with Gasteiger partial charge >= 0.3 is 0 Å². The Bertz CT molecular complexity index is 2620. The number of nitriles is 1. The van der Waals surface area contributed by atoms with Gasteiger partial charge < -0.3 is 9.13 Å². The van der Waals surface area contributed by atoms with E-state index in [-0.39, 0.29) is 0 Å². The summed E-state index contributed by atoms with van der Waals surface area (Å²) >= 11 is 0. The molecule has 6 heteroatoms. The number of benzene rings is 6. The van der Waals surface area contributed by atoms with Gasteiger partial charge in [-0.05, 0) is 73.7 Å². The lowest BCUT2D eigenvalue weighted by Gasteiger charge is -2.17. The van der Waals surface area contributed by atoms with Crippen LogP contribution in [0.15, 0.2) is 127 Å². The molecule has 8 aromatic rings. The van der Waals surface area contributed by atoms with Crippen LogP contribution in [0.5, 0.6) is 0 Å². The second kappa shape index (κ2) is 9.52. The Morgan fingerprint density at radius 1 is 0.500 bits per heavy atom. The minimum atomic E-state index is -0.394. The molecule has 2 amide bonds. The van der Waals surface area contributed by atoms with Crippen LogP contribution in [0.1, 0.15) is 31.8 Å². The van der Waals surface area contributed by atoms with Crippen molar-refractivity contribution in [2.24, 2.45) is 0 Å². The molecule has 1 aliphatic heterocycles. The van der Waals surface area contributed by atoms with Gasteiger partial charge in [-0.2, -0.15) is 5.26 Å². The first-order valence-electron chi connectivity index (χ1n) is 15.1. The predicted molar refractivity (Wildman–Crippen MR) is 182 cm³/mol. The Morgan fingerprint density at radius 2 is 1.00 bits per heavy atom. The van der Waals surface area contributed by atoms with Crippen LogP contribution < -0.4 is 4.90 Å². The highest BCUT2D eigenvalue weighted by molar-refractivity contribution is 6.34. The molecule has 0 aliphatic carbocycles. The van der Waals surface area contributed by atoms with Crippen molar-refractivity contribution in [3.8, 4) is 17.4 Å². The molecule has 0 radical (unpaired) electrons. The quantitative estimate of drug-likeness (QED) is 0.192. The van der Waals surface area contributed by atoms with Gasteiger partial charge in [-0.25, -0.2) is 4.90 Å². The zero-order valence-corrected chi connectivity index (χ0v) is 24.7. The van der Waals surface area contributed by atoms with E-state index in [0.717, 1.165) is 49.3 Å². The van der Waals surface area contributed by atoms with E-state index in [4.69, 9.17) is 0 Å². The third-order valence-corrected chi connectivity index (χ3v) is 9.10. The third kappa shape index (κ3) is 3.57. The lowest BCUT2D eigenvalue weighted by molar-refractivity contribution is 0.0926. The fourth-order valence-corrected chi connectivity index (χ4v) is 7.02. The van der Waals surface area contributed by atoms with Crippen molar-refractivity contribution in [1.82, 2.24) is 9.13 Å². The summed E-state index contributed by atoms with van der Waals surface area (Å²) in [6.07, 6.45) is 0. The number of aromatic nitrogens is 2. The monoisotopic (exact) mass is 592 g/mol. The van der Waals surface area contributed by atoms with Crippen molar-refractivity contribution in [3.05, 3.63) is 150 Å². The summed E-state index contributed by atoms with van der Waals surface area (Å²) in [7, 11) is 0. The SMILES string of the molecule is Cc1ccc(-n2c3ccccc3c3cc4c(cc32)c2ccccc2n4-c2cc(C#N)cc(N3C(=O)c4ccccc4C3=O)c2)cc1. The lowest BCUT2D eigenvalue weighted by atomic mass is 10.1. The van der Waals surface area contributed by atoms with Crippen molar-refractivity contribution in [2.75, 3.05) is 4.90 Å². The van der Waals surface area contributed by atoms with E-state index < -0.39 is 11.8 Å². The van der Waals surface area contributed by atoms with Gasteiger partial charge in [0.1, 0.15) is 0 Å². The summed E-state index contributed by atoms with van der Waals surface area (Å²) in [5, 5.41) is 14.5. The number of anilines is 1. The first kappa shape index (κ1) is 26.0. The number of hydrogen-bond acceptors (Lipinski definition) is 3. The Hall–Kier alpha value is -6.45. The summed E-state index contributed by atoms with van der Waals surface area (Å²) < 4.78 is 4.44. The van der Waals surface area contributed by atoms with Crippen LogP contribution in [0.2, 0.25) is 0 Å². The number of nitrogens with zero attached hydrogens (tertiary/aromatic N) is 4. The molecule has 1 aliphatic rings. The zero-order chi connectivity index (χ0) is 31.1. The largest absolute Gasteiger partial charge is 0.309 e. The molecule has 0 fully saturated rings. The van der Waals surface area contributed by atoms with E-state index in [1.807, 2.05) is 24.3 Å². The van der Waals surface area contributed by atoms with Crippen molar-refractivity contribution < 1.29 is 9.59 Å². The summed E-state index contributed by atoms with van der Waals surface area (Å²) in [6.45, 7) is 2.09. The van der Waals surface area contributed by atoms with Crippen molar-refractivity contribution >= 4 is 61.1 Å². The normalized spacial score (nSPS) is 12.9. The average molecular weight is 593 g/mol. The molecule has 0 N–H and O–H groups in total. The molecule has 9 rings (SSSR count). The molecule has 6 aromatic carbocycles. The molecule has 0 saturated heterocycles. The third-order valence-electron chi connectivity index (χ3n) is 9.10. The number of hydrogen-bond donors (Lipinski definition) is 0. The number of carbonyl (C=O) groups excluding carboxylic acids is 2. The standard InChI is InChI=1S/C40H24N4O2/c1-24-14-16-26(17-15-24)42-35-12-6-4-8-29(35)33-22-38-34(21-37(33)42)30-9-5-7-13-36(30)43(38)27-18-25(23-41)19-28(20-27)44-39(45)31-10-2-3-11-32(31)40(44)46/h2-22H,1H3. The van der Waals surface area contributed by atoms with E-state index in [9.17, 15) is 14.9 Å². The molecule has 2 aromatic heterocycles. The second-order valence-corrected chi connectivity index (χ2v) is 11.8. The Labute approximate surface area is 263 Å². The summed E-state index contributed by atoms with van der Waals surface area (Å²) in [5.41, 5.74) is 8.56. The first-order chi connectivity index (χ1) is 22.5. The molecule has 46 heavy (non-hydrogen) atoms. The fraction of sp³-hybridized carbons (Fsp3) is 0.0250. The number of para-hydroxylation sites is 2. The summed E-state index contributed by atoms with van der Waals surface area (Å²) in [4.78, 5) is 28.1. The highest BCUT2D eigenvalue weighted by Crippen LogP contribution is 2.40. The molecular formula is C40H24N4O2. The van der Waals surface area contributed by atoms with Crippen LogP contribution in [0.25, 0.3) is 55.0 Å². The maximum atomic E-state index is 13.5. The molecule has 6 nitrogen and oxygen atoms in total. The van der Waals surface area contributed by atoms with E-state index in [2.05, 4.69) is 94.9 Å². The Balaban J connectivity index is 1.34. The van der Waals surface area contributed by atoms with Crippen LogP contribution >= 0.6 is 0 Å². The van der Waals surface area contributed by atoms with Crippen LogP contribution in [0.3, 0.4) is 0 Å². The van der Waals surface area contributed by atoms with Crippen molar-refractivity contribution in [3.63, 3.8) is 0 Å². The second-order valence-electron chi connectivity index (χ2n) is 11.8. The molecular weight excluding hydrogens is 568 g/mol. The number of carbonyl (C=O) groups is 2. The maximum Gasteiger partial charge on any atom is 0.266 e. The minimum absolute atomic E-state index is 0.354. The highest BCUT2D eigenvalue weighted by Gasteiger charge is 2.36. The number of fused-ring (bicyclic) bond motifs is 7. The Morgan fingerprint density at radius 3 is 1.57 bits per heavy atom. The lowest BCUT2D eigenvalue weighted by Crippen LogP contribution is -2.29. The smallest absolute Gasteiger partial charge is 0.266 e. The molecule has 3 heterocycles. The molecule has 0 saturated carbocycles. The maximum absolute atomic E-state index is 13.5. The van der Waals surface area contributed by atoms with Gasteiger partial charge in [0.05, 0.1) is 50.5 Å². The Kier molecular flexibility index (Phi) is 5.38. The van der Waals surface area contributed by atoms with Gasteiger partial charge in [0.25, 0.3) is 11.8 Å². The topological polar surface area (TPSA) is 71.0 Å². The molecule has 0 bridgehead atoms. The highest BCUT2D eigenvalue weighted by atomic mass is 16.2. The molecule has 0 unspecified atom stereocenters. The van der Waals surface area contributed by atoms with Crippen molar-refractivity contribution in [2.45, 2.75) is 6.92 Å². The number of aryl methyl sites for hydroxylation is 1. The number of imide groups is 1. The van der Waals surface area contributed by atoms with E-state index in [1.165, 1.54) is 10.5 Å².